The highest BCUT2D eigenvalue weighted by Crippen LogP contribution is 2.49. The molecular formula is C22H16N3O3P. The summed E-state index contributed by atoms with van der Waals surface area (Å²) in [6, 6.07) is 20.5. The molecule has 0 fully saturated rings. The predicted octanol–water partition coefficient (Wildman–Crippen LogP) is 4.96. The lowest BCUT2D eigenvalue weighted by molar-refractivity contribution is 0.286. The van der Waals surface area contributed by atoms with Gasteiger partial charge in [-0.3, -0.25) is 9.66 Å². The number of aromatic amines is 1. The molecule has 1 N–H and O–H groups in total. The average Bonchev–Trinajstić information content (AvgIpc) is 3.21. The molecular weight excluding hydrogens is 385 g/mol. The maximum Gasteiger partial charge on any atom is 0.379 e. The Balaban J connectivity index is 1.94. The number of H-pyrrole nitrogens is 1. The number of hydrogen-bond acceptors (Lipinski definition) is 5. The van der Waals surface area contributed by atoms with Crippen LogP contribution in [0.5, 0.6) is 0 Å². The van der Waals surface area contributed by atoms with E-state index in [9.17, 15) is 9.83 Å². The molecule has 5 aromatic rings. The smallest absolute Gasteiger partial charge is 0.308 e. The molecule has 0 aliphatic rings. The summed E-state index contributed by atoms with van der Waals surface area (Å²) in [5.74, 6) is 0. The summed E-state index contributed by atoms with van der Waals surface area (Å²) in [6.07, 6.45) is 0. The first-order chi connectivity index (χ1) is 14.1. The number of nitriles is 1. The van der Waals surface area contributed by atoms with Crippen molar-refractivity contribution in [3.05, 3.63) is 60.3 Å². The first kappa shape index (κ1) is 17.8. The second-order valence-corrected chi connectivity index (χ2v) is 8.91. The fourth-order valence-electron chi connectivity index (χ4n) is 4.08. The number of hydrogen-bond donors (Lipinski definition) is 1. The number of benzene rings is 4. The van der Waals surface area contributed by atoms with Gasteiger partial charge >= 0.3 is 7.60 Å². The zero-order valence-electron chi connectivity index (χ0n) is 15.8. The number of nitrogens with one attached hydrogen (secondary N) is 1. The molecule has 0 saturated carbocycles. The van der Waals surface area contributed by atoms with E-state index in [1.807, 2.05) is 24.3 Å². The van der Waals surface area contributed by atoms with Gasteiger partial charge in [0.1, 0.15) is 6.07 Å². The molecule has 1 heterocycles. The third-order valence-electron chi connectivity index (χ3n) is 5.41. The second-order valence-electron chi connectivity index (χ2n) is 6.74. The highest BCUT2D eigenvalue weighted by Gasteiger charge is 2.33. The summed E-state index contributed by atoms with van der Waals surface area (Å²) < 4.78 is 23.5. The fourth-order valence-corrected chi connectivity index (χ4v) is 5.26. The van der Waals surface area contributed by atoms with Crippen LogP contribution in [-0.2, 0) is 13.6 Å². The van der Waals surface area contributed by atoms with Gasteiger partial charge in [0.2, 0.25) is 0 Å². The topological polar surface area (TPSA) is 88.0 Å². The maximum atomic E-state index is 13.1. The average molecular weight is 401 g/mol. The molecule has 0 unspecified atom stereocenters. The van der Waals surface area contributed by atoms with Crippen molar-refractivity contribution < 1.29 is 13.6 Å². The normalized spacial score (nSPS) is 12.2. The van der Waals surface area contributed by atoms with Gasteiger partial charge in [0.15, 0.2) is 11.1 Å². The molecule has 0 aliphatic heterocycles. The van der Waals surface area contributed by atoms with Crippen molar-refractivity contribution in [1.29, 1.82) is 5.26 Å². The van der Waals surface area contributed by atoms with Crippen LogP contribution in [0.2, 0.25) is 0 Å². The van der Waals surface area contributed by atoms with E-state index < -0.39 is 7.60 Å². The Hall–Kier alpha value is -3.23. The standard InChI is InChI=1S/C22H16N3O3P/c1-27-29(26,28-2)22-21(18(12-23)24-25-22)17-11-9-15-7-6-13-4-3-5-14-8-10-16(17)20(15)19(13)14/h3-11H,1-2H3,(H,24,25). The third kappa shape index (κ3) is 2.43. The summed E-state index contributed by atoms with van der Waals surface area (Å²) in [7, 11) is -1.02. The molecule has 29 heavy (non-hydrogen) atoms. The molecule has 1 aromatic heterocycles. The first-order valence-electron chi connectivity index (χ1n) is 8.98. The van der Waals surface area contributed by atoms with Crippen molar-refractivity contribution in [1.82, 2.24) is 10.2 Å². The van der Waals surface area contributed by atoms with Crippen LogP contribution in [0.4, 0.5) is 0 Å². The molecule has 7 heteroatoms. The summed E-state index contributed by atoms with van der Waals surface area (Å²) in [6.45, 7) is 0. The van der Waals surface area contributed by atoms with Crippen LogP contribution in [0.1, 0.15) is 5.69 Å². The van der Waals surface area contributed by atoms with Gasteiger partial charge in [-0.2, -0.15) is 10.4 Å². The molecule has 5 rings (SSSR count). The Morgan fingerprint density at radius 3 is 2.21 bits per heavy atom. The van der Waals surface area contributed by atoms with Gasteiger partial charge in [-0.1, -0.05) is 54.6 Å². The van der Waals surface area contributed by atoms with Crippen LogP contribution in [0.25, 0.3) is 43.4 Å². The molecule has 0 saturated heterocycles. The number of nitrogens with zero attached hydrogens (tertiary/aromatic N) is 2. The van der Waals surface area contributed by atoms with Crippen LogP contribution < -0.4 is 5.44 Å². The zero-order chi connectivity index (χ0) is 20.2. The quantitative estimate of drug-likeness (QED) is 0.340. The highest BCUT2D eigenvalue weighted by atomic mass is 31.2. The van der Waals surface area contributed by atoms with Crippen molar-refractivity contribution in [3.8, 4) is 17.2 Å². The van der Waals surface area contributed by atoms with E-state index in [2.05, 4.69) is 46.6 Å². The van der Waals surface area contributed by atoms with Gasteiger partial charge in [-0.05, 0) is 37.9 Å². The van der Waals surface area contributed by atoms with E-state index in [0.29, 0.717) is 5.56 Å². The van der Waals surface area contributed by atoms with Crippen molar-refractivity contribution in [2.45, 2.75) is 0 Å². The fraction of sp³-hybridized carbons (Fsp3) is 0.0909. The minimum atomic E-state index is -3.65. The molecule has 0 amide bonds. The summed E-state index contributed by atoms with van der Waals surface area (Å²) in [4.78, 5) is 0. The first-order valence-corrected chi connectivity index (χ1v) is 10.5. The van der Waals surface area contributed by atoms with Gasteiger partial charge in [0, 0.05) is 14.2 Å². The van der Waals surface area contributed by atoms with Crippen LogP contribution in [0.15, 0.2) is 54.6 Å². The largest absolute Gasteiger partial charge is 0.379 e. The lowest BCUT2D eigenvalue weighted by Gasteiger charge is -2.16. The Kier molecular flexibility index (Phi) is 3.94. The monoisotopic (exact) mass is 401 g/mol. The Bertz CT molecular complexity index is 1460. The number of rotatable bonds is 4. The van der Waals surface area contributed by atoms with Crippen LogP contribution in [0, 0.1) is 11.3 Å². The SMILES string of the molecule is COP(=O)(OC)c1[nH]nc(C#N)c1-c1ccc2ccc3cccc4ccc1c2c34. The molecule has 0 bridgehead atoms. The summed E-state index contributed by atoms with van der Waals surface area (Å²) in [5, 5.41) is 23.0. The highest BCUT2D eigenvalue weighted by molar-refractivity contribution is 7.62. The van der Waals surface area contributed by atoms with Crippen LogP contribution in [0.3, 0.4) is 0 Å². The van der Waals surface area contributed by atoms with E-state index in [1.165, 1.54) is 14.2 Å². The minimum absolute atomic E-state index is 0.143. The Morgan fingerprint density at radius 1 is 0.931 bits per heavy atom. The minimum Gasteiger partial charge on any atom is -0.308 e. The van der Waals surface area contributed by atoms with E-state index in [-0.39, 0.29) is 11.1 Å². The Labute approximate surface area is 166 Å². The van der Waals surface area contributed by atoms with Gasteiger partial charge in [0.05, 0.1) is 5.56 Å². The predicted molar refractivity (Wildman–Crippen MR) is 114 cm³/mol. The van der Waals surface area contributed by atoms with Crippen LogP contribution in [-0.4, -0.2) is 24.4 Å². The molecule has 6 nitrogen and oxygen atoms in total. The van der Waals surface area contributed by atoms with Gasteiger partial charge in [0.25, 0.3) is 0 Å². The Morgan fingerprint density at radius 2 is 1.55 bits per heavy atom. The third-order valence-corrected chi connectivity index (χ3v) is 7.24. The van der Waals surface area contributed by atoms with Crippen molar-refractivity contribution >= 4 is 45.3 Å². The molecule has 0 spiro atoms. The second kappa shape index (κ2) is 6.40. The zero-order valence-corrected chi connectivity index (χ0v) is 16.7. The summed E-state index contributed by atoms with van der Waals surface area (Å²) in [5.41, 5.74) is 1.52. The van der Waals surface area contributed by atoms with Crippen molar-refractivity contribution in [2.75, 3.05) is 14.2 Å². The van der Waals surface area contributed by atoms with Gasteiger partial charge < -0.3 is 9.05 Å². The molecule has 0 radical (unpaired) electrons. The van der Waals surface area contributed by atoms with Gasteiger partial charge in [-0.25, -0.2) is 0 Å². The molecule has 142 valence electrons. The molecule has 4 aromatic carbocycles. The summed E-state index contributed by atoms with van der Waals surface area (Å²) >= 11 is 0. The van der Waals surface area contributed by atoms with Gasteiger partial charge in [-0.15, -0.1) is 0 Å². The van der Waals surface area contributed by atoms with E-state index >= 15 is 0 Å². The lowest BCUT2D eigenvalue weighted by Crippen LogP contribution is -2.12. The lowest BCUT2D eigenvalue weighted by atomic mass is 9.90. The van der Waals surface area contributed by atoms with E-state index in [4.69, 9.17) is 9.05 Å². The van der Waals surface area contributed by atoms with E-state index in [1.54, 1.807) is 0 Å². The maximum absolute atomic E-state index is 13.1. The number of aromatic nitrogens is 2. The van der Waals surface area contributed by atoms with Crippen molar-refractivity contribution in [3.63, 3.8) is 0 Å². The van der Waals surface area contributed by atoms with E-state index in [0.717, 1.165) is 37.9 Å². The molecule has 0 atom stereocenters. The molecule has 0 aliphatic carbocycles. The van der Waals surface area contributed by atoms with Crippen molar-refractivity contribution in [2.24, 2.45) is 0 Å². The van der Waals surface area contributed by atoms with Crippen LogP contribution >= 0.6 is 7.60 Å².